The Labute approximate surface area is 315 Å². The molecule has 0 aliphatic heterocycles. The number of hydrogen-bond donors (Lipinski definition) is 2. The van der Waals surface area contributed by atoms with Crippen molar-refractivity contribution in [2.75, 3.05) is 40.9 Å². The Morgan fingerprint density at radius 1 is 0.686 bits per heavy atom. The summed E-state index contributed by atoms with van der Waals surface area (Å²) in [7, 11) is 1.29. The van der Waals surface area contributed by atoms with Crippen LogP contribution in [0.3, 0.4) is 0 Å². The first kappa shape index (κ1) is 50.0. The zero-order valence-corrected chi connectivity index (χ0v) is 35.0. The Morgan fingerprint density at radius 2 is 1.14 bits per heavy atom. The summed E-state index contributed by atoms with van der Waals surface area (Å²) < 4.78 is 23.2. The van der Waals surface area contributed by atoms with Crippen LogP contribution in [0.15, 0.2) is 24.3 Å². The van der Waals surface area contributed by atoms with E-state index < -0.39 is 20.0 Å². The summed E-state index contributed by atoms with van der Waals surface area (Å²) in [6.45, 7) is 4.67. The molecule has 0 heterocycles. The maximum Gasteiger partial charge on any atom is 0.268 e. The highest BCUT2D eigenvalue weighted by atomic mass is 31.2. The zero-order chi connectivity index (χ0) is 37.9. The molecule has 0 saturated heterocycles. The average Bonchev–Trinajstić information content (AvgIpc) is 3.07. The first-order valence-corrected chi connectivity index (χ1v) is 22.6. The molecule has 0 radical (unpaired) electrons. The van der Waals surface area contributed by atoms with E-state index in [0.29, 0.717) is 23.9 Å². The van der Waals surface area contributed by atoms with E-state index in [9.17, 15) is 19.4 Å². The summed E-state index contributed by atoms with van der Waals surface area (Å²) in [5.74, 6) is -0.180. The molecule has 0 bridgehead atoms. The van der Waals surface area contributed by atoms with E-state index in [1.165, 1.54) is 96.3 Å². The van der Waals surface area contributed by atoms with Crippen molar-refractivity contribution < 1.29 is 32.9 Å². The molecule has 0 aromatic rings. The van der Waals surface area contributed by atoms with Crippen molar-refractivity contribution in [3.63, 3.8) is 0 Å². The number of allylic oxidation sites excluding steroid dienone is 4. The topological polar surface area (TPSA) is 108 Å². The number of rotatable bonds is 38. The van der Waals surface area contributed by atoms with Gasteiger partial charge in [0.25, 0.3) is 7.82 Å². The van der Waals surface area contributed by atoms with E-state index in [0.717, 1.165) is 64.2 Å². The molecule has 8 nitrogen and oxygen atoms in total. The predicted octanol–water partition coefficient (Wildman–Crippen LogP) is 10.7. The maximum absolute atomic E-state index is 12.8. The molecule has 0 fully saturated rings. The Hall–Kier alpha value is -1.02. The van der Waals surface area contributed by atoms with Crippen LogP contribution in [0.25, 0.3) is 0 Å². The fourth-order valence-corrected chi connectivity index (χ4v) is 6.73. The molecule has 0 rings (SSSR count). The molecule has 0 aliphatic carbocycles. The third kappa shape index (κ3) is 37.1. The first-order valence-electron chi connectivity index (χ1n) is 21.2. The van der Waals surface area contributed by atoms with Gasteiger partial charge in [-0.2, -0.15) is 0 Å². The lowest BCUT2D eigenvalue weighted by Crippen LogP contribution is -2.46. The van der Waals surface area contributed by atoms with Gasteiger partial charge in [0.15, 0.2) is 0 Å². The number of carbonyl (C=O) groups excluding carboxylic acids is 1. The van der Waals surface area contributed by atoms with E-state index >= 15 is 0 Å². The molecule has 51 heavy (non-hydrogen) atoms. The van der Waals surface area contributed by atoms with Gasteiger partial charge in [0.1, 0.15) is 13.2 Å². The molecule has 3 atom stereocenters. The summed E-state index contributed by atoms with van der Waals surface area (Å²) in [6.07, 6.45) is 38.8. The Morgan fingerprint density at radius 3 is 1.67 bits per heavy atom. The highest BCUT2D eigenvalue weighted by Gasteiger charge is 2.24. The lowest BCUT2D eigenvalue weighted by Gasteiger charge is -2.30. The van der Waals surface area contributed by atoms with Gasteiger partial charge in [-0.25, -0.2) is 0 Å². The third-order valence-corrected chi connectivity index (χ3v) is 10.4. The molecule has 0 aliphatic rings. The summed E-state index contributed by atoms with van der Waals surface area (Å²) in [4.78, 5) is 25.3. The van der Waals surface area contributed by atoms with Gasteiger partial charge in [0, 0.05) is 6.42 Å². The largest absolute Gasteiger partial charge is 0.756 e. The van der Waals surface area contributed by atoms with Crippen LogP contribution in [-0.4, -0.2) is 68.5 Å². The van der Waals surface area contributed by atoms with Crippen molar-refractivity contribution in [2.24, 2.45) is 0 Å². The van der Waals surface area contributed by atoms with Crippen molar-refractivity contribution in [3.8, 4) is 0 Å². The molecule has 302 valence electrons. The van der Waals surface area contributed by atoms with Crippen molar-refractivity contribution in [3.05, 3.63) is 24.3 Å². The number of phosphoric acid groups is 1. The first-order chi connectivity index (χ1) is 24.5. The summed E-state index contributed by atoms with van der Waals surface area (Å²) in [5, 5.41) is 13.9. The molecule has 1 amide bonds. The molecule has 0 spiro atoms. The molecule has 0 saturated carbocycles. The Bertz CT molecular complexity index is 891. The number of phosphoric ester groups is 1. The van der Waals surface area contributed by atoms with Gasteiger partial charge >= 0.3 is 0 Å². The SMILES string of the molecule is CCCCC/C=C/C/C=C/CCCCCCCC(=O)N[C@@H](COP(=O)([O-])OCC[N+](C)(C)C)[C@H](O)CCCCCCCCCCCCCCCC. The van der Waals surface area contributed by atoms with Crippen molar-refractivity contribution in [1.82, 2.24) is 5.32 Å². The van der Waals surface area contributed by atoms with Gasteiger partial charge in [-0.3, -0.25) is 9.36 Å². The highest BCUT2D eigenvalue weighted by Crippen LogP contribution is 2.38. The van der Waals surface area contributed by atoms with Crippen molar-refractivity contribution in [1.29, 1.82) is 0 Å². The number of likely N-dealkylation sites (N-methyl/N-ethyl adjacent to an activating group) is 1. The smallest absolute Gasteiger partial charge is 0.268 e. The second kappa shape index (κ2) is 34.7. The monoisotopic (exact) mass is 743 g/mol. The van der Waals surface area contributed by atoms with E-state index in [-0.39, 0.29) is 19.1 Å². The number of nitrogens with zero attached hydrogens (tertiary/aromatic N) is 1. The average molecular weight is 743 g/mol. The molecule has 9 heteroatoms. The standard InChI is InChI=1S/C42H83N2O6P/c1-6-8-10-12-14-16-18-20-22-24-26-28-30-32-34-36-42(46)43-40(39-50-51(47,48)49-38-37-44(3,4)5)41(45)35-33-31-29-27-25-23-21-19-17-15-13-11-9-7-2/h14,16,20,22,40-41,45H,6-13,15,17-19,21,23-39H2,1-5H3,(H-,43,46,47,48)/b16-14+,22-20+/t40-,41+/m0/s1. The van der Waals surface area contributed by atoms with Crippen molar-refractivity contribution >= 4 is 13.7 Å². The quantitative estimate of drug-likeness (QED) is 0.0282. The molecule has 0 aromatic carbocycles. The highest BCUT2D eigenvalue weighted by molar-refractivity contribution is 7.45. The second-order valence-electron chi connectivity index (χ2n) is 15.7. The van der Waals surface area contributed by atoms with Crippen molar-refractivity contribution in [2.45, 2.75) is 199 Å². The fraction of sp³-hybridized carbons (Fsp3) is 0.881. The molecular weight excluding hydrogens is 659 g/mol. The van der Waals surface area contributed by atoms with Crippen LogP contribution in [-0.2, 0) is 18.4 Å². The summed E-state index contributed by atoms with van der Waals surface area (Å²) >= 11 is 0. The minimum absolute atomic E-state index is 0.00965. The molecule has 2 N–H and O–H groups in total. The van der Waals surface area contributed by atoms with Gasteiger partial charge in [-0.15, -0.1) is 0 Å². The van der Waals surface area contributed by atoms with Crippen LogP contribution >= 0.6 is 7.82 Å². The lowest BCUT2D eigenvalue weighted by molar-refractivity contribution is -0.870. The molecule has 0 aromatic heterocycles. The third-order valence-electron chi connectivity index (χ3n) is 9.44. The predicted molar refractivity (Wildman–Crippen MR) is 215 cm³/mol. The van der Waals surface area contributed by atoms with Crippen LogP contribution < -0.4 is 10.2 Å². The van der Waals surface area contributed by atoms with E-state index in [4.69, 9.17) is 9.05 Å². The number of aliphatic hydroxyl groups is 1. The van der Waals surface area contributed by atoms with Gasteiger partial charge in [0.05, 0.1) is 39.9 Å². The second-order valence-corrected chi connectivity index (χ2v) is 17.1. The van der Waals surface area contributed by atoms with Gasteiger partial charge in [-0.1, -0.05) is 160 Å². The van der Waals surface area contributed by atoms with E-state index in [2.05, 4.69) is 43.5 Å². The van der Waals surface area contributed by atoms with Crippen LogP contribution in [0.5, 0.6) is 0 Å². The lowest BCUT2D eigenvalue weighted by atomic mass is 10.0. The normalized spacial score (nSPS) is 14.7. The van der Waals surface area contributed by atoms with Crippen LogP contribution in [0.2, 0.25) is 0 Å². The number of hydrogen-bond acceptors (Lipinski definition) is 6. The number of aliphatic hydroxyl groups excluding tert-OH is 1. The molecule has 1 unspecified atom stereocenters. The Balaban J connectivity index is 4.43. The van der Waals surface area contributed by atoms with Crippen LogP contribution in [0, 0.1) is 0 Å². The van der Waals surface area contributed by atoms with Gasteiger partial charge < -0.3 is 28.8 Å². The van der Waals surface area contributed by atoms with E-state index in [1.54, 1.807) is 0 Å². The number of quaternary nitrogens is 1. The number of carbonyl (C=O) groups is 1. The van der Waals surface area contributed by atoms with Gasteiger partial charge in [0.2, 0.25) is 5.91 Å². The zero-order valence-electron chi connectivity index (χ0n) is 34.1. The number of nitrogens with one attached hydrogen (secondary N) is 1. The minimum Gasteiger partial charge on any atom is -0.756 e. The van der Waals surface area contributed by atoms with E-state index in [1.807, 2.05) is 21.1 Å². The van der Waals surface area contributed by atoms with Gasteiger partial charge in [-0.05, 0) is 44.9 Å². The maximum atomic E-state index is 12.8. The molecular formula is C42H83N2O6P. The summed E-state index contributed by atoms with van der Waals surface area (Å²) in [5.41, 5.74) is 0. The fourth-order valence-electron chi connectivity index (χ4n) is 6.01. The van der Waals surface area contributed by atoms with Crippen LogP contribution in [0.1, 0.15) is 187 Å². The summed E-state index contributed by atoms with van der Waals surface area (Å²) in [6, 6.07) is -0.804. The minimum atomic E-state index is -4.56. The Kier molecular flexibility index (Phi) is 34.0. The number of unbranched alkanes of at least 4 members (excludes halogenated alkanes) is 21. The number of amides is 1. The van der Waals surface area contributed by atoms with Crippen LogP contribution in [0.4, 0.5) is 0 Å².